The Morgan fingerprint density at radius 1 is 1.40 bits per heavy atom. The van der Waals surface area contributed by atoms with E-state index in [0.29, 0.717) is 0 Å². The minimum absolute atomic E-state index is 0.123. The molecule has 0 aromatic heterocycles. The van der Waals surface area contributed by atoms with Gasteiger partial charge in [0.25, 0.3) is 0 Å². The van der Waals surface area contributed by atoms with Crippen LogP contribution in [0.4, 0.5) is 9.18 Å². The highest BCUT2D eigenvalue weighted by atomic mass is 35.5. The van der Waals surface area contributed by atoms with Gasteiger partial charge >= 0.3 is 12.0 Å². The van der Waals surface area contributed by atoms with Crippen molar-refractivity contribution in [3.63, 3.8) is 0 Å². The largest absolute Gasteiger partial charge is 0.480 e. The average Bonchev–Trinajstić information content (AvgIpc) is 2.34. The van der Waals surface area contributed by atoms with E-state index in [-0.39, 0.29) is 23.0 Å². The zero-order valence-electron chi connectivity index (χ0n) is 11.1. The summed E-state index contributed by atoms with van der Waals surface area (Å²) in [5.74, 6) is -1.93. The van der Waals surface area contributed by atoms with Gasteiger partial charge in [0, 0.05) is 17.1 Å². The lowest BCUT2D eigenvalue weighted by Gasteiger charge is -2.18. The van der Waals surface area contributed by atoms with Gasteiger partial charge in [0.05, 0.1) is 0 Å². The molecule has 1 unspecified atom stereocenters. The number of carboxylic acids is 1. The number of nitrogens with one attached hydrogen (secondary N) is 2. The zero-order chi connectivity index (χ0) is 15.3. The van der Waals surface area contributed by atoms with Crippen LogP contribution in [-0.2, 0) is 11.3 Å². The predicted molar refractivity (Wildman–Crippen MR) is 73.0 cm³/mol. The number of halogens is 2. The molecule has 1 atom stereocenters. The van der Waals surface area contributed by atoms with Crippen molar-refractivity contribution in [1.82, 2.24) is 10.6 Å². The van der Waals surface area contributed by atoms with Crippen molar-refractivity contribution in [2.45, 2.75) is 26.4 Å². The van der Waals surface area contributed by atoms with Crippen LogP contribution in [0.3, 0.4) is 0 Å². The van der Waals surface area contributed by atoms with Crippen molar-refractivity contribution >= 4 is 23.6 Å². The Labute approximate surface area is 121 Å². The number of urea groups is 1. The summed E-state index contributed by atoms with van der Waals surface area (Å²) in [7, 11) is 0. The summed E-state index contributed by atoms with van der Waals surface area (Å²) in [5, 5.41) is 13.8. The van der Waals surface area contributed by atoms with Gasteiger partial charge in [-0.15, -0.1) is 0 Å². The van der Waals surface area contributed by atoms with E-state index in [4.69, 9.17) is 16.7 Å². The Morgan fingerprint density at radius 3 is 2.55 bits per heavy atom. The number of carboxylic acid groups (broad SMARTS) is 1. The molecule has 0 aliphatic carbocycles. The smallest absolute Gasteiger partial charge is 0.326 e. The zero-order valence-corrected chi connectivity index (χ0v) is 11.9. The summed E-state index contributed by atoms with van der Waals surface area (Å²) in [6.07, 6.45) is 0. The number of amides is 2. The second kappa shape index (κ2) is 7.09. The number of benzene rings is 1. The van der Waals surface area contributed by atoms with Gasteiger partial charge in [0.1, 0.15) is 11.9 Å². The molecule has 3 N–H and O–H groups in total. The maximum Gasteiger partial charge on any atom is 0.326 e. The first-order valence-electron chi connectivity index (χ1n) is 6.03. The van der Waals surface area contributed by atoms with Crippen molar-refractivity contribution < 1.29 is 19.1 Å². The van der Waals surface area contributed by atoms with E-state index in [1.807, 2.05) is 0 Å². The normalized spacial score (nSPS) is 12.1. The summed E-state index contributed by atoms with van der Waals surface area (Å²) >= 11 is 5.81. The molecule has 0 radical (unpaired) electrons. The third kappa shape index (κ3) is 4.38. The summed E-state index contributed by atoms with van der Waals surface area (Å²) in [6.45, 7) is 3.22. The van der Waals surface area contributed by atoms with Crippen LogP contribution in [0.1, 0.15) is 19.4 Å². The lowest BCUT2D eigenvalue weighted by molar-refractivity contribution is -0.140. The molecule has 1 aromatic carbocycles. The standard InChI is InChI=1S/C13H16ClFN2O3/c1-7(2)11(12(18)19)17-13(20)16-6-8-9(14)4-3-5-10(8)15/h3-5,7,11H,6H2,1-2H3,(H,18,19)(H2,16,17,20). The fourth-order valence-electron chi connectivity index (χ4n) is 1.58. The number of hydrogen-bond donors (Lipinski definition) is 3. The van der Waals surface area contributed by atoms with Crippen LogP contribution in [0.5, 0.6) is 0 Å². The molecule has 5 nitrogen and oxygen atoms in total. The lowest BCUT2D eigenvalue weighted by atomic mass is 10.1. The van der Waals surface area contributed by atoms with Crippen LogP contribution < -0.4 is 10.6 Å². The summed E-state index contributed by atoms with van der Waals surface area (Å²) < 4.78 is 13.5. The topological polar surface area (TPSA) is 78.4 Å². The molecule has 1 aromatic rings. The molecule has 0 heterocycles. The first-order valence-corrected chi connectivity index (χ1v) is 6.40. The molecule has 20 heavy (non-hydrogen) atoms. The molecule has 1 rings (SSSR count). The molecule has 0 saturated carbocycles. The van der Waals surface area contributed by atoms with E-state index < -0.39 is 23.9 Å². The fourth-order valence-corrected chi connectivity index (χ4v) is 1.81. The third-order valence-electron chi connectivity index (χ3n) is 2.71. The second-order valence-corrected chi connectivity index (χ2v) is 4.99. The van der Waals surface area contributed by atoms with Gasteiger partial charge in [-0.2, -0.15) is 0 Å². The average molecular weight is 303 g/mol. The van der Waals surface area contributed by atoms with Crippen LogP contribution >= 0.6 is 11.6 Å². The van der Waals surface area contributed by atoms with Gasteiger partial charge in [-0.1, -0.05) is 31.5 Å². The van der Waals surface area contributed by atoms with Crippen LogP contribution in [0.25, 0.3) is 0 Å². The van der Waals surface area contributed by atoms with Crippen LogP contribution in [0, 0.1) is 11.7 Å². The molecule has 0 spiro atoms. The van der Waals surface area contributed by atoms with E-state index >= 15 is 0 Å². The molecule has 0 saturated heterocycles. The van der Waals surface area contributed by atoms with E-state index in [1.165, 1.54) is 18.2 Å². The van der Waals surface area contributed by atoms with Crippen molar-refractivity contribution in [1.29, 1.82) is 0 Å². The third-order valence-corrected chi connectivity index (χ3v) is 3.06. The van der Waals surface area contributed by atoms with Crippen molar-refractivity contribution in [2.75, 3.05) is 0 Å². The summed E-state index contributed by atoms with van der Waals surface area (Å²) in [5.41, 5.74) is 0.153. The van der Waals surface area contributed by atoms with Crippen LogP contribution in [-0.4, -0.2) is 23.1 Å². The number of carbonyl (C=O) groups is 2. The second-order valence-electron chi connectivity index (χ2n) is 4.59. The number of aliphatic carboxylic acids is 1. The van der Waals surface area contributed by atoms with E-state index in [0.717, 1.165) is 0 Å². The maximum atomic E-state index is 13.5. The summed E-state index contributed by atoms with van der Waals surface area (Å²) in [4.78, 5) is 22.5. The maximum absolute atomic E-state index is 13.5. The van der Waals surface area contributed by atoms with Gasteiger partial charge in [-0.05, 0) is 18.1 Å². The van der Waals surface area contributed by atoms with Crippen molar-refractivity contribution in [3.8, 4) is 0 Å². The van der Waals surface area contributed by atoms with Gasteiger partial charge in [-0.25, -0.2) is 14.0 Å². The SMILES string of the molecule is CC(C)C(NC(=O)NCc1c(F)cccc1Cl)C(=O)O. The minimum Gasteiger partial charge on any atom is -0.480 e. The minimum atomic E-state index is -1.13. The Hall–Kier alpha value is -1.82. The quantitative estimate of drug-likeness (QED) is 0.781. The van der Waals surface area contributed by atoms with Crippen LogP contribution in [0.15, 0.2) is 18.2 Å². The van der Waals surface area contributed by atoms with Gasteiger partial charge in [0.2, 0.25) is 0 Å². The van der Waals surface area contributed by atoms with Gasteiger partial charge < -0.3 is 15.7 Å². The Balaban J connectivity index is 2.62. The van der Waals surface area contributed by atoms with E-state index in [1.54, 1.807) is 13.8 Å². The molecule has 0 bridgehead atoms. The predicted octanol–water partition coefficient (Wildman–Crippen LogP) is 2.39. The van der Waals surface area contributed by atoms with E-state index in [2.05, 4.69) is 10.6 Å². The monoisotopic (exact) mass is 302 g/mol. The number of hydrogen-bond acceptors (Lipinski definition) is 2. The highest BCUT2D eigenvalue weighted by Gasteiger charge is 2.23. The molecule has 0 fully saturated rings. The number of rotatable bonds is 5. The van der Waals surface area contributed by atoms with Crippen molar-refractivity contribution in [3.05, 3.63) is 34.6 Å². The highest BCUT2D eigenvalue weighted by molar-refractivity contribution is 6.31. The van der Waals surface area contributed by atoms with Crippen molar-refractivity contribution in [2.24, 2.45) is 5.92 Å². The molecule has 110 valence electrons. The molecular formula is C13H16ClFN2O3. The van der Waals surface area contributed by atoms with Gasteiger partial charge in [-0.3, -0.25) is 0 Å². The summed E-state index contributed by atoms with van der Waals surface area (Å²) in [6, 6.07) is 2.50. The molecular weight excluding hydrogens is 287 g/mol. The Morgan fingerprint density at radius 2 is 2.05 bits per heavy atom. The molecule has 0 aliphatic heterocycles. The van der Waals surface area contributed by atoms with Gasteiger partial charge in [0.15, 0.2) is 0 Å². The highest BCUT2D eigenvalue weighted by Crippen LogP contribution is 2.18. The van der Waals surface area contributed by atoms with E-state index in [9.17, 15) is 14.0 Å². The molecule has 7 heteroatoms. The first kappa shape index (κ1) is 16.2. The lowest BCUT2D eigenvalue weighted by Crippen LogP contribution is -2.48. The fraction of sp³-hybridized carbons (Fsp3) is 0.385. The first-order chi connectivity index (χ1) is 9.32. The molecule has 2 amide bonds. The van der Waals surface area contributed by atoms with Crippen LogP contribution in [0.2, 0.25) is 5.02 Å². The Bertz CT molecular complexity index is 488. The molecule has 0 aliphatic rings. The number of carbonyl (C=O) groups excluding carboxylic acids is 1. The Kier molecular flexibility index (Phi) is 5.76.